The van der Waals surface area contributed by atoms with Gasteiger partial charge in [0.2, 0.25) is 5.91 Å². The van der Waals surface area contributed by atoms with Crippen molar-refractivity contribution in [3.8, 4) is 0 Å². The Morgan fingerprint density at radius 3 is 2.94 bits per heavy atom. The lowest BCUT2D eigenvalue weighted by Gasteiger charge is -2.24. The molecular formula is C13H22N2O3. The first-order chi connectivity index (χ1) is 8.44. The van der Waals surface area contributed by atoms with Gasteiger partial charge in [-0.3, -0.25) is 4.79 Å². The van der Waals surface area contributed by atoms with E-state index in [9.17, 15) is 4.79 Å². The van der Waals surface area contributed by atoms with Crippen LogP contribution in [-0.2, 0) is 16.1 Å². The fraction of sp³-hybridized carbons (Fsp3) is 0.615. The summed E-state index contributed by atoms with van der Waals surface area (Å²) in [6.45, 7) is 6.33. The summed E-state index contributed by atoms with van der Waals surface area (Å²) >= 11 is 0. The van der Waals surface area contributed by atoms with Crippen LogP contribution >= 0.6 is 0 Å². The predicted octanol–water partition coefficient (Wildman–Crippen LogP) is 1.43. The minimum Gasteiger partial charge on any atom is -0.467 e. The maximum absolute atomic E-state index is 11.7. The van der Waals surface area contributed by atoms with Crippen molar-refractivity contribution in [3.63, 3.8) is 0 Å². The van der Waals surface area contributed by atoms with Crippen molar-refractivity contribution < 1.29 is 13.9 Å². The Morgan fingerprint density at radius 2 is 2.39 bits per heavy atom. The van der Waals surface area contributed by atoms with Gasteiger partial charge < -0.3 is 20.2 Å². The van der Waals surface area contributed by atoms with Gasteiger partial charge in [0.25, 0.3) is 0 Å². The van der Waals surface area contributed by atoms with Crippen LogP contribution in [0.4, 0.5) is 0 Å². The molecule has 1 amide bonds. The minimum absolute atomic E-state index is 0.168. The molecule has 0 aliphatic rings. The zero-order chi connectivity index (χ0) is 13.6. The maximum Gasteiger partial charge on any atom is 0.249 e. The molecule has 0 saturated heterocycles. The number of hydrogen-bond acceptors (Lipinski definition) is 4. The van der Waals surface area contributed by atoms with Crippen molar-refractivity contribution in [1.29, 1.82) is 0 Å². The van der Waals surface area contributed by atoms with Crippen molar-refractivity contribution in [2.45, 2.75) is 45.4 Å². The van der Waals surface area contributed by atoms with Gasteiger partial charge in [-0.2, -0.15) is 0 Å². The molecule has 5 nitrogen and oxygen atoms in total. The van der Waals surface area contributed by atoms with Crippen LogP contribution in [0.15, 0.2) is 22.8 Å². The van der Waals surface area contributed by atoms with Gasteiger partial charge in [-0.15, -0.1) is 0 Å². The molecule has 0 aliphatic carbocycles. The van der Waals surface area contributed by atoms with E-state index in [4.69, 9.17) is 14.9 Å². The summed E-state index contributed by atoms with van der Waals surface area (Å²) < 4.78 is 10.6. The molecule has 1 aromatic heterocycles. The van der Waals surface area contributed by atoms with Crippen LogP contribution in [-0.4, -0.2) is 24.2 Å². The van der Waals surface area contributed by atoms with E-state index in [1.54, 1.807) is 25.3 Å². The van der Waals surface area contributed by atoms with E-state index in [0.717, 1.165) is 6.42 Å². The van der Waals surface area contributed by atoms with Crippen molar-refractivity contribution in [2.24, 2.45) is 5.73 Å². The molecular weight excluding hydrogens is 232 g/mol. The van der Waals surface area contributed by atoms with Crippen LogP contribution in [0.1, 0.15) is 33.0 Å². The monoisotopic (exact) mass is 254 g/mol. The van der Waals surface area contributed by atoms with Crippen LogP contribution in [0.2, 0.25) is 0 Å². The smallest absolute Gasteiger partial charge is 0.249 e. The lowest BCUT2D eigenvalue weighted by Crippen LogP contribution is -2.44. The number of nitrogens with two attached hydrogens (primary N) is 1. The maximum atomic E-state index is 11.7. The fourth-order valence-electron chi connectivity index (χ4n) is 1.22. The first-order valence-electron chi connectivity index (χ1n) is 6.15. The molecule has 0 bridgehead atoms. The Bertz CT molecular complexity index is 360. The van der Waals surface area contributed by atoms with Crippen LogP contribution < -0.4 is 11.1 Å². The molecule has 2 atom stereocenters. The molecule has 0 aliphatic heterocycles. The van der Waals surface area contributed by atoms with Crippen LogP contribution in [0.25, 0.3) is 0 Å². The molecule has 0 saturated carbocycles. The average molecular weight is 254 g/mol. The molecule has 1 aromatic rings. The van der Waals surface area contributed by atoms with Crippen LogP contribution in [0.5, 0.6) is 0 Å². The number of ether oxygens (including phenoxy) is 1. The van der Waals surface area contributed by atoms with Gasteiger partial charge in [-0.1, -0.05) is 6.92 Å². The molecule has 18 heavy (non-hydrogen) atoms. The van der Waals surface area contributed by atoms with Gasteiger partial charge in [0.05, 0.1) is 19.4 Å². The summed E-state index contributed by atoms with van der Waals surface area (Å²) in [5.74, 6) is 0.547. The SMILES string of the molecule is CCC(C)(N)COC(C)C(=O)NCc1ccco1. The molecule has 0 spiro atoms. The molecule has 2 unspecified atom stereocenters. The second-order valence-electron chi connectivity index (χ2n) is 4.76. The first-order valence-corrected chi connectivity index (χ1v) is 6.15. The third-order valence-corrected chi connectivity index (χ3v) is 2.86. The second kappa shape index (κ2) is 6.56. The highest BCUT2D eigenvalue weighted by atomic mass is 16.5. The third-order valence-electron chi connectivity index (χ3n) is 2.86. The number of hydrogen-bond donors (Lipinski definition) is 2. The van der Waals surface area contributed by atoms with Crippen molar-refractivity contribution in [3.05, 3.63) is 24.2 Å². The van der Waals surface area contributed by atoms with Gasteiger partial charge in [-0.25, -0.2) is 0 Å². The highest BCUT2D eigenvalue weighted by Crippen LogP contribution is 2.07. The number of amides is 1. The van der Waals surface area contributed by atoms with Crippen LogP contribution in [0.3, 0.4) is 0 Å². The summed E-state index contributed by atoms with van der Waals surface area (Å²) in [5, 5.41) is 2.74. The Morgan fingerprint density at radius 1 is 1.67 bits per heavy atom. The van der Waals surface area contributed by atoms with E-state index in [0.29, 0.717) is 18.9 Å². The quantitative estimate of drug-likeness (QED) is 0.771. The molecule has 5 heteroatoms. The van der Waals surface area contributed by atoms with E-state index in [-0.39, 0.29) is 5.91 Å². The Hall–Kier alpha value is -1.33. The van der Waals surface area contributed by atoms with Gasteiger partial charge >= 0.3 is 0 Å². The summed E-state index contributed by atoms with van der Waals surface area (Å²) in [4.78, 5) is 11.7. The predicted molar refractivity (Wildman–Crippen MR) is 68.9 cm³/mol. The number of nitrogens with one attached hydrogen (secondary N) is 1. The van der Waals surface area contributed by atoms with Crippen LogP contribution in [0, 0.1) is 0 Å². The molecule has 3 N–H and O–H groups in total. The van der Waals surface area contributed by atoms with Gasteiger partial charge in [-0.05, 0) is 32.4 Å². The number of carbonyl (C=O) groups is 1. The summed E-state index contributed by atoms with van der Waals surface area (Å²) in [6, 6.07) is 3.59. The lowest BCUT2D eigenvalue weighted by atomic mass is 10.0. The van der Waals surface area contributed by atoms with E-state index >= 15 is 0 Å². The highest BCUT2D eigenvalue weighted by Gasteiger charge is 2.20. The zero-order valence-electron chi connectivity index (χ0n) is 11.2. The molecule has 0 fully saturated rings. The zero-order valence-corrected chi connectivity index (χ0v) is 11.2. The standard InChI is InChI=1S/C13H22N2O3/c1-4-13(3,14)9-18-10(2)12(16)15-8-11-6-5-7-17-11/h5-7,10H,4,8-9,14H2,1-3H3,(H,15,16). The minimum atomic E-state index is -0.519. The largest absolute Gasteiger partial charge is 0.467 e. The van der Waals surface area contributed by atoms with Gasteiger partial charge in [0, 0.05) is 5.54 Å². The first kappa shape index (κ1) is 14.7. The molecule has 102 valence electrons. The number of furan rings is 1. The highest BCUT2D eigenvalue weighted by molar-refractivity contribution is 5.80. The van der Waals surface area contributed by atoms with E-state index in [2.05, 4.69) is 5.32 Å². The Labute approximate surface area is 108 Å². The van der Waals surface area contributed by atoms with Gasteiger partial charge in [0.1, 0.15) is 11.9 Å². The normalized spacial score (nSPS) is 16.0. The van der Waals surface area contributed by atoms with Crippen molar-refractivity contribution in [2.75, 3.05) is 6.61 Å². The Balaban J connectivity index is 2.29. The lowest BCUT2D eigenvalue weighted by molar-refractivity contribution is -0.132. The summed E-state index contributed by atoms with van der Waals surface area (Å²) in [5.41, 5.74) is 5.55. The van der Waals surface area contributed by atoms with Crippen molar-refractivity contribution in [1.82, 2.24) is 5.32 Å². The summed E-state index contributed by atoms with van der Waals surface area (Å²) in [6.07, 6.45) is 1.85. The molecule has 1 heterocycles. The average Bonchev–Trinajstić information content (AvgIpc) is 2.86. The molecule has 1 rings (SSSR count). The number of carbonyl (C=O) groups excluding carboxylic acids is 1. The number of rotatable bonds is 7. The topological polar surface area (TPSA) is 77.5 Å². The second-order valence-corrected chi connectivity index (χ2v) is 4.76. The Kier molecular flexibility index (Phi) is 5.37. The van der Waals surface area contributed by atoms with E-state index < -0.39 is 11.6 Å². The van der Waals surface area contributed by atoms with Crippen molar-refractivity contribution >= 4 is 5.91 Å². The van der Waals surface area contributed by atoms with E-state index in [1.165, 1.54) is 0 Å². The third kappa shape index (κ3) is 4.89. The van der Waals surface area contributed by atoms with Gasteiger partial charge in [0.15, 0.2) is 0 Å². The summed E-state index contributed by atoms with van der Waals surface area (Å²) in [7, 11) is 0. The van der Waals surface area contributed by atoms with E-state index in [1.807, 2.05) is 13.8 Å². The molecule has 0 aromatic carbocycles. The molecule has 0 radical (unpaired) electrons. The fourth-order valence-corrected chi connectivity index (χ4v) is 1.22.